The summed E-state index contributed by atoms with van der Waals surface area (Å²) < 4.78 is 10.9. The summed E-state index contributed by atoms with van der Waals surface area (Å²) in [6.45, 7) is 5.72. The molecular weight excluding hydrogens is 451 g/mol. The molecule has 0 aliphatic rings. The summed E-state index contributed by atoms with van der Waals surface area (Å²) in [6, 6.07) is 6.51. The molecule has 0 radical (unpaired) electrons. The Morgan fingerprint density at radius 1 is 1.19 bits per heavy atom. The number of guanidine groups is 1. The minimum atomic E-state index is -0.403. The van der Waals surface area contributed by atoms with E-state index in [-0.39, 0.29) is 29.7 Å². The van der Waals surface area contributed by atoms with Crippen molar-refractivity contribution in [3.63, 3.8) is 0 Å². The van der Waals surface area contributed by atoms with Gasteiger partial charge in [-0.2, -0.15) is 0 Å². The van der Waals surface area contributed by atoms with Gasteiger partial charge in [-0.25, -0.2) is 0 Å². The van der Waals surface area contributed by atoms with Crippen LogP contribution in [-0.4, -0.2) is 50.9 Å². The molecule has 148 valence electrons. The second kappa shape index (κ2) is 15.8. The molecule has 0 saturated carbocycles. The van der Waals surface area contributed by atoms with Crippen LogP contribution in [0.15, 0.2) is 29.3 Å². The average molecular weight is 480 g/mol. The van der Waals surface area contributed by atoms with Gasteiger partial charge >= 0.3 is 0 Å². The van der Waals surface area contributed by atoms with E-state index in [0.717, 1.165) is 25.0 Å². The molecule has 0 amide bonds. The minimum Gasteiger partial charge on any atom is -0.379 e. The quantitative estimate of drug-likeness (QED) is 0.119. The topological polar surface area (TPSA) is 98.0 Å². The third kappa shape index (κ3) is 11.2. The van der Waals surface area contributed by atoms with Crippen LogP contribution in [0.1, 0.15) is 25.3 Å². The molecule has 0 heterocycles. The number of hydrogen-bond donors (Lipinski definition) is 2. The van der Waals surface area contributed by atoms with Crippen LogP contribution >= 0.6 is 24.0 Å². The smallest absolute Gasteiger partial charge is 0.269 e. The third-order valence-corrected chi connectivity index (χ3v) is 3.36. The van der Waals surface area contributed by atoms with E-state index in [1.165, 1.54) is 6.07 Å². The number of nitro groups is 1. The third-order valence-electron chi connectivity index (χ3n) is 3.36. The zero-order chi connectivity index (χ0) is 18.3. The molecule has 1 aromatic carbocycles. The van der Waals surface area contributed by atoms with E-state index < -0.39 is 4.92 Å². The second-order valence-corrected chi connectivity index (χ2v) is 5.36. The monoisotopic (exact) mass is 480 g/mol. The number of ether oxygens (including phenoxy) is 2. The van der Waals surface area contributed by atoms with Crippen molar-refractivity contribution in [3.05, 3.63) is 39.9 Å². The molecule has 1 aromatic rings. The summed E-state index contributed by atoms with van der Waals surface area (Å²) in [5.41, 5.74) is 0.898. The predicted molar refractivity (Wildman–Crippen MR) is 113 cm³/mol. The second-order valence-electron chi connectivity index (χ2n) is 5.36. The maximum atomic E-state index is 10.8. The van der Waals surface area contributed by atoms with E-state index in [4.69, 9.17) is 9.47 Å². The Morgan fingerprint density at radius 2 is 1.92 bits per heavy atom. The van der Waals surface area contributed by atoms with Gasteiger partial charge in [-0.1, -0.05) is 25.5 Å². The lowest BCUT2D eigenvalue weighted by Gasteiger charge is -2.12. The SMILES string of the molecule is CCCCOCCOCCNC(=NC)NCc1cccc([N+](=O)[O-])c1.I. The number of nitrogens with one attached hydrogen (secondary N) is 2. The summed E-state index contributed by atoms with van der Waals surface area (Å²) in [5, 5.41) is 17.0. The summed E-state index contributed by atoms with van der Waals surface area (Å²) in [6.07, 6.45) is 2.21. The standard InChI is InChI=1S/C17H28N4O4.HI/c1-3-4-9-24-11-12-25-10-8-19-17(18-2)20-14-15-6-5-7-16(13-15)21(22)23;/h5-7,13H,3-4,8-12,14H2,1-2H3,(H2,18,19,20);1H. The van der Waals surface area contributed by atoms with E-state index in [1.54, 1.807) is 19.2 Å². The molecule has 8 nitrogen and oxygen atoms in total. The number of aliphatic imine (C=N–C) groups is 1. The van der Waals surface area contributed by atoms with Crippen LogP contribution in [-0.2, 0) is 16.0 Å². The molecule has 9 heteroatoms. The van der Waals surface area contributed by atoms with Crippen LogP contribution in [0, 0.1) is 10.1 Å². The van der Waals surface area contributed by atoms with Crippen molar-refractivity contribution < 1.29 is 14.4 Å². The first-order chi connectivity index (χ1) is 12.2. The van der Waals surface area contributed by atoms with Crippen molar-refractivity contribution in [3.8, 4) is 0 Å². The van der Waals surface area contributed by atoms with Gasteiger partial charge in [-0.3, -0.25) is 15.1 Å². The maximum Gasteiger partial charge on any atom is 0.269 e. The maximum absolute atomic E-state index is 10.8. The molecule has 0 aromatic heterocycles. The zero-order valence-electron chi connectivity index (χ0n) is 15.4. The van der Waals surface area contributed by atoms with E-state index in [2.05, 4.69) is 22.5 Å². The van der Waals surface area contributed by atoms with E-state index >= 15 is 0 Å². The Kier molecular flexibility index (Phi) is 14.9. The number of rotatable bonds is 12. The molecule has 0 fully saturated rings. The fourth-order valence-electron chi connectivity index (χ4n) is 2.00. The number of non-ortho nitro benzene ring substituents is 1. The minimum absolute atomic E-state index is 0. The lowest BCUT2D eigenvalue weighted by atomic mass is 10.2. The predicted octanol–water partition coefficient (Wildman–Crippen LogP) is 2.71. The van der Waals surface area contributed by atoms with Crippen LogP contribution in [0.5, 0.6) is 0 Å². The fourth-order valence-corrected chi connectivity index (χ4v) is 2.00. The summed E-state index contributed by atoms with van der Waals surface area (Å²) in [5.74, 6) is 0.620. The van der Waals surface area contributed by atoms with Crippen LogP contribution < -0.4 is 10.6 Å². The highest BCUT2D eigenvalue weighted by Gasteiger charge is 2.06. The number of nitro benzene ring substituents is 1. The van der Waals surface area contributed by atoms with Gasteiger partial charge in [0.1, 0.15) is 0 Å². The molecular formula is C17H29IN4O4. The first-order valence-corrected chi connectivity index (χ1v) is 8.50. The number of nitrogens with zero attached hydrogens (tertiary/aromatic N) is 2. The number of hydrogen-bond acceptors (Lipinski definition) is 5. The number of unbranched alkanes of at least 4 members (excludes halogenated alkanes) is 1. The normalized spacial score (nSPS) is 10.9. The van der Waals surface area contributed by atoms with Gasteiger partial charge in [0, 0.05) is 38.9 Å². The van der Waals surface area contributed by atoms with Crippen molar-refractivity contribution in [2.45, 2.75) is 26.3 Å². The molecule has 0 bridgehead atoms. The van der Waals surface area contributed by atoms with Gasteiger partial charge < -0.3 is 20.1 Å². The van der Waals surface area contributed by atoms with Gasteiger partial charge in [-0.15, -0.1) is 24.0 Å². The Hall–Kier alpha value is -1.46. The van der Waals surface area contributed by atoms with Crippen molar-refractivity contribution in [1.82, 2.24) is 10.6 Å². The molecule has 0 aliphatic carbocycles. The van der Waals surface area contributed by atoms with Crippen LogP contribution in [0.3, 0.4) is 0 Å². The highest BCUT2D eigenvalue weighted by atomic mass is 127. The summed E-state index contributed by atoms with van der Waals surface area (Å²) in [4.78, 5) is 14.5. The van der Waals surface area contributed by atoms with E-state index in [1.807, 2.05) is 6.07 Å². The molecule has 0 atom stereocenters. The lowest BCUT2D eigenvalue weighted by molar-refractivity contribution is -0.384. The van der Waals surface area contributed by atoms with Gasteiger partial charge in [0.25, 0.3) is 5.69 Å². The molecule has 0 unspecified atom stereocenters. The number of benzene rings is 1. The average Bonchev–Trinajstić information content (AvgIpc) is 2.63. The van der Waals surface area contributed by atoms with Gasteiger partial charge in [-0.05, 0) is 12.0 Å². The zero-order valence-corrected chi connectivity index (χ0v) is 17.7. The van der Waals surface area contributed by atoms with Crippen molar-refractivity contribution in [1.29, 1.82) is 0 Å². The Labute approximate surface area is 171 Å². The number of halogens is 1. The summed E-state index contributed by atoms with van der Waals surface area (Å²) >= 11 is 0. The Morgan fingerprint density at radius 3 is 2.58 bits per heavy atom. The van der Waals surface area contributed by atoms with Crippen molar-refractivity contribution in [2.75, 3.05) is 40.0 Å². The van der Waals surface area contributed by atoms with Crippen LogP contribution in [0.2, 0.25) is 0 Å². The molecule has 0 saturated heterocycles. The highest BCUT2D eigenvalue weighted by Crippen LogP contribution is 2.12. The van der Waals surface area contributed by atoms with E-state index in [0.29, 0.717) is 38.9 Å². The van der Waals surface area contributed by atoms with E-state index in [9.17, 15) is 10.1 Å². The first-order valence-electron chi connectivity index (χ1n) is 8.50. The van der Waals surface area contributed by atoms with Crippen LogP contribution in [0.25, 0.3) is 0 Å². The molecule has 26 heavy (non-hydrogen) atoms. The Bertz CT molecular complexity index is 543. The molecule has 0 aliphatic heterocycles. The molecule has 0 spiro atoms. The summed E-state index contributed by atoms with van der Waals surface area (Å²) in [7, 11) is 1.67. The molecule has 1 rings (SSSR count). The first kappa shape index (κ1) is 24.5. The van der Waals surface area contributed by atoms with Crippen LogP contribution in [0.4, 0.5) is 5.69 Å². The Balaban J connectivity index is 0.00000625. The highest BCUT2D eigenvalue weighted by molar-refractivity contribution is 14.0. The van der Waals surface area contributed by atoms with Gasteiger partial charge in [0.05, 0.1) is 24.7 Å². The molecule has 2 N–H and O–H groups in total. The lowest BCUT2D eigenvalue weighted by Crippen LogP contribution is -2.38. The fraction of sp³-hybridized carbons (Fsp3) is 0.588. The van der Waals surface area contributed by atoms with Gasteiger partial charge in [0.2, 0.25) is 0 Å². The van der Waals surface area contributed by atoms with Crippen molar-refractivity contribution >= 4 is 35.6 Å². The largest absolute Gasteiger partial charge is 0.379 e. The van der Waals surface area contributed by atoms with Gasteiger partial charge in [0.15, 0.2) is 5.96 Å². The van der Waals surface area contributed by atoms with Crippen molar-refractivity contribution in [2.24, 2.45) is 4.99 Å².